The van der Waals surface area contributed by atoms with Gasteiger partial charge in [0.15, 0.2) is 0 Å². The van der Waals surface area contributed by atoms with Crippen molar-refractivity contribution in [2.24, 2.45) is 7.05 Å². The van der Waals surface area contributed by atoms with E-state index in [0.717, 1.165) is 36.7 Å². The second-order valence-electron chi connectivity index (χ2n) is 7.05. The normalized spacial score (nSPS) is 21.8. The van der Waals surface area contributed by atoms with Crippen molar-refractivity contribution >= 4 is 17.6 Å². The van der Waals surface area contributed by atoms with Gasteiger partial charge in [-0.2, -0.15) is 18.3 Å². The monoisotopic (exact) mass is 414 g/mol. The number of hydrogen-bond donors (Lipinski definition) is 1. The van der Waals surface area contributed by atoms with Crippen LogP contribution in [0.5, 0.6) is 0 Å². The van der Waals surface area contributed by atoms with Gasteiger partial charge in [-0.05, 0) is 25.5 Å². The Hall–Kier alpha value is -2.82. The molecule has 0 radical (unpaired) electrons. The second kappa shape index (κ2) is 7.90. The Balaban J connectivity index is 0.000000298. The third kappa shape index (κ3) is 4.61. The van der Waals surface area contributed by atoms with E-state index in [1.54, 1.807) is 10.9 Å². The first-order valence-corrected chi connectivity index (χ1v) is 8.96. The number of nitrogens with zero attached hydrogens (tertiary/aromatic N) is 4. The van der Waals surface area contributed by atoms with Gasteiger partial charge in [0, 0.05) is 32.3 Å². The maximum absolute atomic E-state index is 12.4. The first-order valence-electron chi connectivity index (χ1n) is 8.96. The summed E-state index contributed by atoms with van der Waals surface area (Å²) < 4.78 is 39.2. The summed E-state index contributed by atoms with van der Waals surface area (Å²) in [6.07, 6.45) is 0.196. The first-order chi connectivity index (χ1) is 13.6. The maximum Gasteiger partial charge on any atom is 0.490 e. The average molecular weight is 414 g/mol. The van der Waals surface area contributed by atoms with E-state index in [1.165, 1.54) is 0 Å². The highest BCUT2D eigenvalue weighted by Gasteiger charge is 2.47. The fraction of sp³-hybridized carbons (Fsp3) is 0.500. The minimum atomic E-state index is -5.08. The van der Waals surface area contributed by atoms with E-state index in [4.69, 9.17) is 14.3 Å². The van der Waals surface area contributed by atoms with Crippen LogP contribution >= 0.6 is 0 Å². The molecule has 0 bridgehead atoms. The molecule has 8 nitrogen and oxygen atoms in total. The predicted octanol–water partition coefficient (Wildman–Crippen LogP) is 2.33. The molecule has 1 amide bonds. The number of furan rings is 1. The molecular weight excluding hydrogens is 393 g/mol. The molecule has 0 aliphatic carbocycles. The van der Waals surface area contributed by atoms with E-state index in [1.807, 2.05) is 37.2 Å². The lowest BCUT2D eigenvalue weighted by atomic mass is 10.1. The first kappa shape index (κ1) is 20.9. The zero-order valence-corrected chi connectivity index (χ0v) is 15.9. The van der Waals surface area contributed by atoms with Crippen LogP contribution in [-0.4, -0.2) is 56.5 Å². The van der Waals surface area contributed by atoms with Crippen molar-refractivity contribution in [1.82, 2.24) is 14.7 Å². The van der Waals surface area contributed by atoms with Crippen molar-refractivity contribution in [3.63, 3.8) is 0 Å². The number of amides is 1. The number of carboxylic acid groups (broad SMARTS) is 1. The van der Waals surface area contributed by atoms with Crippen molar-refractivity contribution in [3.05, 3.63) is 36.0 Å². The van der Waals surface area contributed by atoms with E-state index >= 15 is 0 Å². The molecule has 2 aromatic rings. The Labute approximate surface area is 164 Å². The average Bonchev–Trinajstić information content (AvgIpc) is 3.36. The Morgan fingerprint density at radius 1 is 1.34 bits per heavy atom. The van der Waals surface area contributed by atoms with Crippen LogP contribution in [0.3, 0.4) is 0 Å². The number of likely N-dealkylation sites (tertiary alicyclic amines) is 1. The molecular formula is C18H21F3N4O4. The molecule has 2 saturated heterocycles. The molecule has 2 aliphatic heterocycles. The van der Waals surface area contributed by atoms with E-state index in [2.05, 4.69) is 10.00 Å². The standard InChI is InChI=1S/C16H20N4O2.C2HF3O2/c1-11-3-4-13(22-11)10-19-6-5-14-15(19)7-16(21)20(14)12-8-17-18(2)9-12;3-2(4,5)1(6)7/h3-4,8-9,14-15H,5-7,10H2,1-2H3;(H,6,7)/t14-,15+;/m0./s1. The van der Waals surface area contributed by atoms with Crippen LogP contribution in [0.15, 0.2) is 28.9 Å². The maximum atomic E-state index is 12.4. The lowest BCUT2D eigenvalue weighted by Crippen LogP contribution is -2.37. The Bertz CT molecular complexity index is 892. The summed E-state index contributed by atoms with van der Waals surface area (Å²) in [7, 11) is 1.88. The van der Waals surface area contributed by atoms with Crippen molar-refractivity contribution in [1.29, 1.82) is 0 Å². The molecule has 158 valence electrons. The minimum absolute atomic E-state index is 0.198. The molecule has 0 saturated carbocycles. The summed E-state index contributed by atoms with van der Waals surface area (Å²) in [6, 6.07) is 4.55. The SMILES string of the molecule is Cc1ccc(CN2CC[C@H]3[C@H]2CC(=O)N3c2cnn(C)c2)o1.O=C(O)C(F)(F)F. The van der Waals surface area contributed by atoms with Crippen LogP contribution in [0.2, 0.25) is 0 Å². The molecule has 29 heavy (non-hydrogen) atoms. The van der Waals surface area contributed by atoms with Crippen LogP contribution < -0.4 is 4.90 Å². The highest BCUT2D eigenvalue weighted by atomic mass is 19.4. The number of carboxylic acids is 1. The van der Waals surface area contributed by atoms with Gasteiger partial charge < -0.3 is 14.4 Å². The number of hydrogen-bond acceptors (Lipinski definition) is 5. The highest BCUT2D eigenvalue weighted by molar-refractivity contribution is 5.97. The fourth-order valence-corrected chi connectivity index (χ4v) is 3.76. The Kier molecular flexibility index (Phi) is 5.69. The molecule has 0 unspecified atom stereocenters. The van der Waals surface area contributed by atoms with Gasteiger partial charge in [0.1, 0.15) is 11.5 Å². The largest absolute Gasteiger partial charge is 0.490 e. The molecule has 4 heterocycles. The number of alkyl halides is 3. The molecule has 2 atom stereocenters. The molecule has 11 heteroatoms. The van der Waals surface area contributed by atoms with Gasteiger partial charge in [-0.3, -0.25) is 14.4 Å². The van der Waals surface area contributed by atoms with Gasteiger partial charge in [-0.25, -0.2) is 4.79 Å². The van der Waals surface area contributed by atoms with Gasteiger partial charge in [0.25, 0.3) is 0 Å². The van der Waals surface area contributed by atoms with E-state index in [0.29, 0.717) is 6.42 Å². The third-order valence-electron chi connectivity index (χ3n) is 4.98. The summed E-state index contributed by atoms with van der Waals surface area (Å²) in [5, 5.41) is 11.3. The number of carbonyl (C=O) groups is 2. The summed E-state index contributed by atoms with van der Waals surface area (Å²) >= 11 is 0. The van der Waals surface area contributed by atoms with Gasteiger partial charge in [-0.15, -0.1) is 0 Å². The molecule has 2 aliphatic rings. The minimum Gasteiger partial charge on any atom is -0.475 e. The smallest absolute Gasteiger partial charge is 0.475 e. The van der Waals surface area contributed by atoms with Crippen molar-refractivity contribution in [2.75, 3.05) is 11.4 Å². The summed E-state index contributed by atoms with van der Waals surface area (Å²) in [5.74, 6) is -0.647. The van der Waals surface area contributed by atoms with Gasteiger partial charge in [0.05, 0.1) is 24.5 Å². The number of aromatic nitrogens is 2. The highest BCUT2D eigenvalue weighted by Crippen LogP contribution is 2.36. The molecule has 0 spiro atoms. The summed E-state index contributed by atoms with van der Waals surface area (Å²) in [4.78, 5) is 25.6. The number of aryl methyl sites for hydroxylation is 2. The van der Waals surface area contributed by atoms with E-state index in [-0.39, 0.29) is 18.0 Å². The Morgan fingerprint density at radius 2 is 2.03 bits per heavy atom. The topological polar surface area (TPSA) is 91.8 Å². The number of rotatable bonds is 3. The van der Waals surface area contributed by atoms with Crippen molar-refractivity contribution in [2.45, 2.75) is 44.6 Å². The zero-order chi connectivity index (χ0) is 21.3. The van der Waals surface area contributed by atoms with Crippen LogP contribution in [-0.2, 0) is 23.2 Å². The molecule has 1 N–H and O–H groups in total. The molecule has 2 fully saturated rings. The summed E-state index contributed by atoms with van der Waals surface area (Å²) in [5.41, 5.74) is 0.913. The van der Waals surface area contributed by atoms with Crippen LogP contribution in [0.1, 0.15) is 24.4 Å². The lowest BCUT2D eigenvalue weighted by molar-refractivity contribution is -0.192. The van der Waals surface area contributed by atoms with Crippen molar-refractivity contribution in [3.8, 4) is 0 Å². The van der Waals surface area contributed by atoms with Crippen molar-refractivity contribution < 1.29 is 32.3 Å². The molecule has 2 aromatic heterocycles. The third-order valence-corrected chi connectivity index (χ3v) is 4.98. The molecule has 0 aromatic carbocycles. The quantitative estimate of drug-likeness (QED) is 0.829. The number of anilines is 1. The van der Waals surface area contributed by atoms with E-state index in [9.17, 15) is 18.0 Å². The zero-order valence-electron chi connectivity index (χ0n) is 15.9. The lowest BCUT2D eigenvalue weighted by Gasteiger charge is -2.23. The Morgan fingerprint density at radius 3 is 2.55 bits per heavy atom. The van der Waals surface area contributed by atoms with Gasteiger partial charge in [0.2, 0.25) is 5.91 Å². The predicted molar refractivity (Wildman–Crippen MR) is 95.0 cm³/mol. The van der Waals surface area contributed by atoms with Crippen LogP contribution in [0, 0.1) is 6.92 Å². The van der Waals surface area contributed by atoms with Gasteiger partial charge in [-0.1, -0.05) is 0 Å². The fourth-order valence-electron chi connectivity index (χ4n) is 3.76. The van der Waals surface area contributed by atoms with Crippen LogP contribution in [0.25, 0.3) is 0 Å². The number of fused-ring (bicyclic) bond motifs is 1. The summed E-state index contributed by atoms with van der Waals surface area (Å²) in [6.45, 7) is 3.74. The second-order valence-corrected chi connectivity index (χ2v) is 7.05. The van der Waals surface area contributed by atoms with Crippen LogP contribution in [0.4, 0.5) is 18.9 Å². The number of aliphatic carboxylic acids is 1. The number of carbonyl (C=O) groups excluding carboxylic acids is 1. The van der Waals surface area contributed by atoms with E-state index < -0.39 is 12.1 Å². The molecule has 4 rings (SSSR count). The number of halogens is 3. The van der Waals surface area contributed by atoms with Gasteiger partial charge >= 0.3 is 12.1 Å².